The van der Waals surface area contributed by atoms with Crippen LogP contribution in [0.3, 0.4) is 0 Å². The number of halogens is 2. The van der Waals surface area contributed by atoms with E-state index < -0.39 is 11.6 Å². The molecule has 70 valence electrons. The molecule has 0 heterocycles. The van der Waals surface area contributed by atoms with Crippen molar-refractivity contribution < 1.29 is 13.5 Å². The third kappa shape index (κ3) is 1.86. The molecule has 1 aromatic rings. The van der Waals surface area contributed by atoms with E-state index in [9.17, 15) is 8.78 Å². The molecule has 3 heteroatoms. The summed E-state index contributed by atoms with van der Waals surface area (Å²) in [5, 5.41) is 0. The summed E-state index contributed by atoms with van der Waals surface area (Å²) in [5.41, 5.74) is 0.926. The SMILES string of the molecule is C=C(C)c1cc(F)cc(F)c1OC. The Morgan fingerprint density at radius 3 is 2.46 bits per heavy atom. The first kappa shape index (κ1) is 9.71. The Balaban J connectivity index is 3.38. The second-order valence-electron chi connectivity index (χ2n) is 2.75. The molecule has 0 atom stereocenters. The summed E-state index contributed by atoms with van der Waals surface area (Å²) in [6.07, 6.45) is 0. The first-order valence-corrected chi connectivity index (χ1v) is 3.75. The summed E-state index contributed by atoms with van der Waals surface area (Å²) >= 11 is 0. The van der Waals surface area contributed by atoms with Gasteiger partial charge in [-0.05, 0) is 18.6 Å². The van der Waals surface area contributed by atoms with E-state index in [4.69, 9.17) is 4.74 Å². The minimum Gasteiger partial charge on any atom is -0.493 e. The van der Waals surface area contributed by atoms with Crippen molar-refractivity contribution in [3.8, 4) is 5.75 Å². The number of ether oxygens (including phenoxy) is 1. The number of allylic oxidation sites excluding steroid dienone is 1. The molecule has 0 saturated heterocycles. The smallest absolute Gasteiger partial charge is 0.168 e. The molecule has 0 aliphatic heterocycles. The van der Waals surface area contributed by atoms with Gasteiger partial charge in [-0.25, -0.2) is 8.78 Å². The van der Waals surface area contributed by atoms with Crippen molar-refractivity contribution in [2.24, 2.45) is 0 Å². The molecule has 0 unspecified atom stereocenters. The van der Waals surface area contributed by atoms with E-state index in [-0.39, 0.29) is 5.75 Å². The Kier molecular flexibility index (Phi) is 2.66. The van der Waals surface area contributed by atoms with Gasteiger partial charge in [-0.1, -0.05) is 6.58 Å². The monoisotopic (exact) mass is 184 g/mol. The average Bonchev–Trinajstić information content (AvgIpc) is 2.02. The molecule has 0 fully saturated rings. The molecule has 1 aromatic carbocycles. The molecule has 1 nitrogen and oxygen atoms in total. The van der Waals surface area contributed by atoms with Crippen LogP contribution in [0.15, 0.2) is 18.7 Å². The maximum atomic E-state index is 13.1. The van der Waals surface area contributed by atoms with Gasteiger partial charge >= 0.3 is 0 Å². The van der Waals surface area contributed by atoms with Crippen molar-refractivity contribution >= 4 is 5.57 Å². The summed E-state index contributed by atoms with van der Waals surface area (Å²) < 4.78 is 30.6. The summed E-state index contributed by atoms with van der Waals surface area (Å²) in [6, 6.07) is 1.98. The number of benzene rings is 1. The average molecular weight is 184 g/mol. The molecular weight excluding hydrogens is 174 g/mol. The molecule has 0 saturated carbocycles. The van der Waals surface area contributed by atoms with E-state index in [1.165, 1.54) is 13.2 Å². The number of rotatable bonds is 2. The Hall–Kier alpha value is -1.38. The topological polar surface area (TPSA) is 9.23 Å². The van der Waals surface area contributed by atoms with Gasteiger partial charge in [0.05, 0.1) is 7.11 Å². The first-order valence-electron chi connectivity index (χ1n) is 3.75. The quantitative estimate of drug-likeness (QED) is 0.686. The van der Waals surface area contributed by atoms with E-state index in [1.54, 1.807) is 6.92 Å². The lowest BCUT2D eigenvalue weighted by atomic mass is 10.1. The molecule has 0 N–H and O–H groups in total. The van der Waals surface area contributed by atoms with Crippen LogP contribution in [-0.4, -0.2) is 7.11 Å². The van der Waals surface area contributed by atoms with Crippen molar-refractivity contribution in [3.05, 3.63) is 35.9 Å². The zero-order chi connectivity index (χ0) is 10.0. The summed E-state index contributed by atoms with van der Waals surface area (Å²) in [7, 11) is 1.34. The predicted octanol–water partition coefficient (Wildman–Crippen LogP) is 3.01. The van der Waals surface area contributed by atoms with Crippen LogP contribution in [0.4, 0.5) is 8.78 Å². The highest BCUT2D eigenvalue weighted by atomic mass is 19.1. The molecule has 0 bridgehead atoms. The van der Waals surface area contributed by atoms with Gasteiger partial charge in [0.25, 0.3) is 0 Å². The van der Waals surface area contributed by atoms with Gasteiger partial charge in [-0.15, -0.1) is 0 Å². The molecule has 0 aliphatic rings. The highest BCUT2D eigenvalue weighted by Gasteiger charge is 2.11. The van der Waals surface area contributed by atoms with E-state index in [2.05, 4.69) is 6.58 Å². The zero-order valence-corrected chi connectivity index (χ0v) is 7.53. The fourth-order valence-electron chi connectivity index (χ4n) is 1.08. The number of hydrogen-bond donors (Lipinski definition) is 0. The summed E-state index contributed by atoms with van der Waals surface area (Å²) in [6.45, 7) is 5.27. The third-order valence-electron chi connectivity index (χ3n) is 1.67. The van der Waals surface area contributed by atoms with Crippen molar-refractivity contribution in [1.29, 1.82) is 0 Å². The highest BCUT2D eigenvalue weighted by Crippen LogP contribution is 2.28. The minimum absolute atomic E-state index is 0.0360. The van der Waals surface area contributed by atoms with Crippen LogP contribution >= 0.6 is 0 Å². The van der Waals surface area contributed by atoms with Crippen LogP contribution in [0.25, 0.3) is 5.57 Å². The summed E-state index contributed by atoms with van der Waals surface area (Å²) in [4.78, 5) is 0. The van der Waals surface area contributed by atoms with Crippen LogP contribution in [0, 0.1) is 11.6 Å². The van der Waals surface area contributed by atoms with Gasteiger partial charge in [-0.3, -0.25) is 0 Å². The molecular formula is C10H10F2O. The van der Waals surface area contributed by atoms with Crippen LogP contribution in [-0.2, 0) is 0 Å². The molecule has 1 rings (SSSR count). The molecule has 0 aromatic heterocycles. The van der Waals surface area contributed by atoms with Crippen LogP contribution in [0.5, 0.6) is 5.75 Å². The number of methoxy groups -OCH3 is 1. The van der Waals surface area contributed by atoms with Crippen molar-refractivity contribution in [1.82, 2.24) is 0 Å². The van der Waals surface area contributed by atoms with Gasteiger partial charge in [0.1, 0.15) is 5.82 Å². The zero-order valence-electron chi connectivity index (χ0n) is 7.53. The minimum atomic E-state index is -0.708. The van der Waals surface area contributed by atoms with Crippen molar-refractivity contribution in [2.75, 3.05) is 7.11 Å². The van der Waals surface area contributed by atoms with Crippen LogP contribution < -0.4 is 4.74 Å². The molecule has 13 heavy (non-hydrogen) atoms. The van der Waals surface area contributed by atoms with Gasteiger partial charge in [0, 0.05) is 11.6 Å². The van der Waals surface area contributed by atoms with Crippen LogP contribution in [0.1, 0.15) is 12.5 Å². The fraction of sp³-hybridized carbons (Fsp3) is 0.200. The molecule has 0 aliphatic carbocycles. The maximum Gasteiger partial charge on any atom is 0.168 e. The van der Waals surface area contributed by atoms with E-state index >= 15 is 0 Å². The van der Waals surface area contributed by atoms with Crippen molar-refractivity contribution in [3.63, 3.8) is 0 Å². The predicted molar refractivity (Wildman–Crippen MR) is 47.6 cm³/mol. The van der Waals surface area contributed by atoms with Crippen molar-refractivity contribution in [2.45, 2.75) is 6.92 Å². The van der Waals surface area contributed by atoms with Gasteiger partial charge in [0.15, 0.2) is 11.6 Å². The van der Waals surface area contributed by atoms with Gasteiger partial charge in [-0.2, -0.15) is 0 Å². The van der Waals surface area contributed by atoms with E-state index in [0.29, 0.717) is 11.1 Å². The Bertz CT molecular complexity index is 345. The lowest BCUT2D eigenvalue weighted by Crippen LogP contribution is -1.95. The maximum absolute atomic E-state index is 13.1. The lowest BCUT2D eigenvalue weighted by molar-refractivity contribution is 0.382. The Labute approximate surface area is 75.6 Å². The third-order valence-corrected chi connectivity index (χ3v) is 1.67. The summed E-state index contributed by atoms with van der Waals surface area (Å²) in [5.74, 6) is -1.30. The first-order chi connectivity index (χ1) is 6.06. The normalized spacial score (nSPS) is 9.85. The number of hydrogen-bond acceptors (Lipinski definition) is 1. The Morgan fingerprint density at radius 2 is 2.00 bits per heavy atom. The van der Waals surface area contributed by atoms with E-state index in [0.717, 1.165) is 6.07 Å². The van der Waals surface area contributed by atoms with Gasteiger partial charge in [0.2, 0.25) is 0 Å². The second kappa shape index (κ2) is 3.56. The lowest BCUT2D eigenvalue weighted by Gasteiger charge is -2.08. The van der Waals surface area contributed by atoms with Gasteiger partial charge < -0.3 is 4.74 Å². The second-order valence-corrected chi connectivity index (χ2v) is 2.75. The van der Waals surface area contributed by atoms with Crippen LogP contribution in [0.2, 0.25) is 0 Å². The Morgan fingerprint density at radius 1 is 1.38 bits per heavy atom. The fourth-order valence-corrected chi connectivity index (χ4v) is 1.08. The highest BCUT2D eigenvalue weighted by molar-refractivity contribution is 5.67. The molecule has 0 amide bonds. The molecule has 0 spiro atoms. The standard InChI is InChI=1S/C10H10F2O/c1-6(2)8-4-7(11)5-9(12)10(8)13-3/h4-5H,1H2,2-3H3. The molecule has 0 radical (unpaired) electrons. The van der Waals surface area contributed by atoms with E-state index in [1.807, 2.05) is 0 Å². The largest absolute Gasteiger partial charge is 0.493 e.